The van der Waals surface area contributed by atoms with E-state index in [1.54, 1.807) is 10.9 Å². The van der Waals surface area contributed by atoms with Gasteiger partial charge in [-0.15, -0.1) is 0 Å². The first-order valence-corrected chi connectivity index (χ1v) is 7.50. The van der Waals surface area contributed by atoms with Gasteiger partial charge in [-0.1, -0.05) is 0 Å². The van der Waals surface area contributed by atoms with Crippen molar-refractivity contribution in [3.63, 3.8) is 0 Å². The highest BCUT2D eigenvalue weighted by molar-refractivity contribution is 7.92. The van der Waals surface area contributed by atoms with Gasteiger partial charge in [-0.3, -0.25) is 9.40 Å². The van der Waals surface area contributed by atoms with Gasteiger partial charge in [0.2, 0.25) is 0 Å². The smallest absolute Gasteiger partial charge is 0.335 e. The summed E-state index contributed by atoms with van der Waals surface area (Å²) < 4.78 is 28.4. The van der Waals surface area contributed by atoms with Crippen LogP contribution in [0.25, 0.3) is 0 Å². The Balaban J connectivity index is 2.33. The first-order chi connectivity index (χ1) is 9.83. The zero-order valence-electron chi connectivity index (χ0n) is 11.1. The van der Waals surface area contributed by atoms with Gasteiger partial charge in [0, 0.05) is 12.7 Å². The molecule has 0 radical (unpaired) electrons. The molecule has 21 heavy (non-hydrogen) atoms. The van der Waals surface area contributed by atoms with Crippen molar-refractivity contribution >= 4 is 27.4 Å². The largest absolute Gasteiger partial charge is 0.478 e. The quantitative estimate of drug-likeness (QED) is 0.706. The Labute approximate surface area is 121 Å². The number of anilines is 2. The summed E-state index contributed by atoms with van der Waals surface area (Å²) in [5, 5.41) is 12.8. The number of aryl methyl sites for hydroxylation is 1. The number of aromatic nitrogens is 2. The minimum Gasteiger partial charge on any atom is -0.478 e. The molecule has 1 heterocycles. The minimum absolute atomic E-state index is 0.0785. The summed E-state index contributed by atoms with van der Waals surface area (Å²) in [6, 6.07) is 3.44. The number of carbonyl (C=O) groups is 1. The summed E-state index contributed by atoms with van der Waals surface area (Å²) in [4.78, 5) is 10.6. The third-order valence-corrected chi connectivity index (χ3v) is 4.21. The zero-order valence-corrected chi connectivity index (χ0v) is 12.0. The Morgan fingerprint density at radius 3 is 2.71 bits per heavy atom. The van der Waals surface area contributed by atoms with Crippen molar-refractivity contribution in [3.05, 3.63) is 36.2 Å². The Hall–Kier alpha value is -2.55. The Kier molecular flexibility index (Phi) is 3.85. The number of hydrogen-bond acceptors (Lipinski definition) is 5. The zero-order chi connectivity index (χ0) is 15.6. The molecule has 8 nitrogen and oxygen atoms in total. The molecule has 1 aromatic carbocycles. The maximum absolute atomic E-state index is 12.2. The molecule has 0 fully saturated rings. The molecule has 0 aliphatic heterocycles. The predicted molar refractivity (Wildman–Crippen MR) is 76.5 cm³/mol. The molecular formula is C12H14N4O4S. The van der Waals surface area contributed by atoms with E-state index in [1.165, 1.54) is 12.3 Å². The van der Waals surface area contributed by atoms with Crippen LogP contribution >= 0.6 is 0 Å². The summed E-state index contributed by atoms with van der Waals surface area (Å²) in [5.74, 6) is -1.18. The Bertz CT molecular complexity index is 782. The van der Waals surface area contributed by atoms with E-state index >= 15 is 0 Å². The van der Waals surface area contributed by atoms with Crippen LogP contribution < -0.4 is 10.5 Å². The van der Waals surface area contributed by atoms with Gasteiger partial charge in [0.25, 0.3) is 10.0 Å². The molecule has 2 rings (SSSR count). The van der Waals surface area contributed by atoms with E-state index in [2.05, 4.69) is 9.82 Å². The van der Waals surface area contributed by atoms with Gasteiger partial charge in [0.05, 0.1) is 23.1 Å². The normalized spacial score (nSPS) is 11.3. The number of nitrogens with zero attached hydrogens (tertiary/aromatic N) is 2. The SMILES string of the molecule is CCn1cc(NS(=O)(=O)c2ccc(C(=O)O)cc2N)cn1. The number of benzene rings is 1. The average Bonchev–Trinajstić information content (AvgIpc) is 2.85. The number of hydrogen-bond donors (Lipinski definition) is 3. The van der Waals surface area contributed by atoms with E-state index in [9.17, 15) is 13.2 Å². The van der Waals surface area contributed by atoms with Gasteiger partial charge in [-0.25, -0.2) is 13.2 Å². The van der Waals surface area contributed by atoms with E-state index in [0.29, 0.717) is 12.2 Å². The van der Waals surface area contributed by atoms with Crippen molar-refractivity contribution in [1.82, 2.24) is 9.78 Å². The molecule has 0 bridgehead atoms. The lowest BCUT2D eigenvalue weighted by Gasteiger charge is -2.09. The van der Waals surface area contributed by atoms with E-state index in [1.807, 2.05) is 6.92 Å². The lowest BCUT2D eigenvalue weighted by molar-refractivity contribution is 0.0697. The molecule has 0 amide bonds. The van der Waals surface area contributed by atoms with Crippen molar-refractivity contribution in [2.75, 3.05) is 10.5 Å². The molecule has 112 valence electrons. The molecule has 0 aliphatic rings. The standard InChI is InChI=1S/C12H14N4O4S/c1-2-16-7-9(6-14-16)15-21(19,20)11-4-3-8(12(17)18)5-10(11)13/h3-7,15H,2,13H2,1H3,(H,17,18). The van der Waals surface area contributed by atoms with E-state index in [0.717, 1.165) is 12.1 Å². The van der Waals surface area contributed by atoms with E-state index in [4.69, 9.17) is 10.8 Å². The summed E-state index contributed by atoms with van der Waals surface area (Å²) >= 11 is 0. The van der Waals surface area contributed by atoms with Gasteiger partial charge < -0.3 is 10.8 Å². The number of nitrogens with two attached hydrogens (primary N) is 1. The number of carboxylic acid groups (broad SMARTS) is 1. The molecule has 0 spiro atoms. The highest BCUT2D eigenvalue weighted by Gasteiger charge is 2.19. The van der Waals surface area contributed by atoms with Crippen LogP contribution in [-0.4, -0.2) is 29.3 Å². The number of rotatable bonds is 5. The number of aromatic carboxylic acids is 1. The summed E-state index contributed by atoms with van der Waals surface area (Å²) in [6.07, 6.45) is 2.92. The van der Waals surface area contributed by atoms with E-state index < -0.39 is 16.0 Å². The van der Waals surface area contributed by atoms with Crippen molar-refractivity contribution in [2.45, 2.75) is 18.4 Å². The first-order valence-electron chi connectivity index (χ1n) is 6.01. The van der Waals surface area contributed by atoms with Crippen LogP contribution in [0.1, 0.15) is 17.3 Å². The van der Waals surface area contributed by atoms with Crippen LogP contribution in [0.5, 0.6) is 0 Å². The second-order valence-corrected chi connectivity index (χ2v) is 5.90. The number of nitrogens with one attached hydrogen (secondary N) is 1. The molecule has 1 aromatic heterocycles. The second kappa shape index (κ2) is 5.44. The highest BCUT2D eigenvalue weighted by atomic mass is 32.2. The second-order valence-electron chi connectivity index (χ2n) is 4.25. The van der Waals surface area contributed by atoms with Crippen molar-refractivity contribution in [2.24, 2.45) is 0 Å². The monoisotopic (exact) mass is 310 g/mol. The maximum atomic E-state index is 12.2. The molecule has 2 aromatic rings. The third-order valence-electron chi connectivity index (χ3n) is 2.76. The van der Waals surface area contributed by atoms with E-state index in [-0.39, 0.29) is 16.1 Å². The maximum Gasteiger partial charge on any atom is 0.335 e. The number of carboxylic acids is 1. The molecular weight excluding hydrogens is 296 g/mol. The molecule has 0 unspecified atom stereocenters. The highest BCUT2D eigenvalue weighted by Crippen LogP contribution is 2.22. The van der Waals surface area contributed by atoms with Crippen molar-refractivity contribution in [3.8, 4) is 0 Å². The lowest BCUT2D eigenvalue weighted by atomic mass is 10.2. The van der Waals surface area contributed by atoms with Gasteiger partial charge >= 0.3 is 5.97 Å². The van der Waals surface area contributed by atoms with Crippen LogP contribution in [0.15, 0.2) is 35.5 Å². The summed E-state index contributed by atoms with van der Waals surface area (Å²) in [6.45, 7) is 2.48. The van der Waals surface area contributed by atoms with Crippen molar-refractivity contribution in [1.29, 1.82) is 0 Å². The van der Waals surface area contributed by atoms with Crippen LogP contribution in [0.3, 0.4) is 0 Å². The topological polar surface area (TPSA) is 127 Å². The first kappa shape index (κ1) is 14.9. The Morgan fingerprint density at radius 2 is 2.19 bits per heavy atom. The van der Waals surface area contributed by atoms with Crippen LogP contribution in [-0.2, 0) is 16.6 Å². The van der Waals surface area contributed by atoms with Gasteiger partial charge in [-0.2, -0.15) is 5.10 Å². The van der Waals surface area contributed by atoms with Crippen LogP contribution in [0.4, 0.5) is 11.4 Å². The summed E-state index contributed by atoms with van der Waals surface area (Å²) in [5.41, 5.74) is 5.72. The van der Waals surface area contributed by atoms with Crippen LogP contribution in [0.2, 0.25) is 0 Å². The van der Waals surface area contributed by atoms with Crippen molar-refractivity contribution < 1.29 is 18.3 Å². The minimum atomic E-state index is -3.90. The third kappa shape index (κ3) is 3.14. The number of nitrogen functional groups attached to an aromatic ring is 1. The van der Waals surface area contributed by atoms with Gasteiger partial charge in [0.1, 0.15) is 4.90 Å². The van der Waals surface area contributed by atoms with Crippen LogP contribution in [0, 0.1) is 0 Å². The summed E-state index contributed by atoms with van der Waals surface area (Å²) in [7, 11) is -3.90. The Morgan fingerprint density at radius 1 is 1.48 bits per heavy atom. The van der Waals surface area contributed by atoms with Gasteiger partial charge in [-0.05, 0) is 25.1 Å². The fraction of sp³-hybridized carbons (Fsp3) is 0.167. The molecule has 0 saturated carbocycles. The molecule has 0 aliphatic carbocycles. The van der Waals surface area contributed by atoms with Gasteiger partial charge in [0.15, 0.2) is 0 Å². The fourth-order valence-electron chi connectivity index (χ4n) is 1.73. The lowest BCUT2D eigenvalue weighted by Crippen LogP contribution is -2.15. The molecule has 0 saturated heterocycles. The molecule has 4 N–H and O–H groups in total. The molecule has 9 heteroatoms. The molecule has 0 atom stereocenters. The fourth-order valence-corrected chi connectivity index (χ4v) is 2.87. The average molecular weight is 310 g/mol. The predicted octanol–water partition coefficient (Wildman–Crippen LogP) is 0.984. The number of sulfonamides is 1.